The molecule has 0 spiro atoms. The monoisotopic (exact) mass is 168 g/mol. The topological polar surface area (TPSA) is 29.5 Å². The van der Waals surface area contributed by atoms with Gasteiger partial charge in [-0.15, -0.1) is 0 Å². The molecule has 0 bridgehead atoms. The summed E-state index contributed by atoms with van der Waals surface area (Å²) in [5.41, 5.74) is 1.16. The van der Waals surface area contributed by atoms with E-state index < -0.39 is 6.10 Å². The van der Waals surface area contributed by atoms with Gasteiger partial charge in [0.1, 0.15) is 24.3 Å². The first kappa shape index (κ1) is 7.55. The Bertz CT molecular complexity index is 323. The third-order valence-corrected chi connectivity index (χ3v) is 2.06. The van der Waals surface area contributed by atoms with Crippen LogP contribution in [0.2, 0.25) is 0 Å². The number of ether oxygens (including phenoxy) is 1. The van der Waals surface area contributed by atoms with Crippen molar-refractivity contribution >= 4 is 0 Å². The number of benzene rings is 1. The van der Waals surface area contributed by atoms with Crippen molar-refractivity contribution in [2.45, 2.75) is 13.0 Å². The van der Waals surface area contributed by atoms with Gasteiger partial charge in [0.05, 0.1) is 5.56 Å². The van der Waals surface area contributed by atoms with Gasteiger partial charge in [0.2, 0.25) is 0 Å². The lowest BCUT2D eigenvalue weighted by atomic mass is 10.1. The Morgan fingerprint density at radius 2 is 2.33 bits per heavy atom. The molecule has 0 saturated heterocycles. The molecule has 0 amide bonds. The summed E-state index contributed by atoms with van der Waals surface area (Å²) < 4.78 is 18.2. The first-order valence-electron chi connectivity index (χ1n) is 3.80. The quantitative estimate of drug-likeness (QED) is 0.637. The van der Waals surface area contributed by atoms with E-state index in [0.29, 0.717) is 11.3 Å². The molecule has 0 aliphatic carbocycles. The molecule has 1 atom stereocenters. The molecular weight excluding hydrogens is 159 g/mol. The molecule has 3 heteroatoms. The fourth-order valence-electron chi connectivity index (χ4n) is 1.43. The Kier molecular flexibility index (Phi) is 1.54. The number of fused-ring (bicyclic) bond motifs is 1. The SMILES string of the molecule is Cc1ccc(F)c2c1OCC2O. The maximum absolute atomic E-state index is 13.1. The van der Waals surface area contributed by atoms with Crippen LogP contribution >= 0.6 is 0 Å². The van der Waals surface area contributed by atoms with Crippen LogP contribution < -0.4 is 4.74 Å². The molecule has 0 radical (unpaired) electrons. The number of aryl methyl sites for hydroxylation is 1. The zero-order valence-electron chi connectivity index (χ0n) is 6.67. The Labute approximate surface area is 69.6 Å². The molecule has 0 fully saturated rings. The predicted molar refractivity (Wildman–Crippen MR) is 41.6 cm³/mol. The highest BCUT2D eigenvalue weighted by Crippen LogP contribution is 2.36. The molecule has 0 aromatic heterocycles. The van der Waals surface area contributed by atoms with Crippen molar-refractivity contribution in [3.8, 4) is 5.75 Å². The van der Waals surface area contributed by atoms with Crippen LogP contribution in [0.5, 0.6) is 5.75 Å². The summed E-state index contributed by atoms with van der Waals surface area (Å²) in [5, 5.41) is 9.32. The van der Waals surface area contributed by atoms with E-state index in [1.165, 1.54) is 6.07 Å². The van der Waals surface area contributed by atoms with Crippen molar-refractivity contribution in [3.63, 3.8) is 0 Å². The summed E-state index contributed by atoms with van der Waals surface area (Å²) in [5.74, 6) is 0.114. The number of hydrogen-bond donors (Lipinski definition) is 1. The van der Waals surface area contributed by atoms with Gasteiger partial charge >= 0.3 is 0 Å². The molecule has 12 heavy (non-hydrogen) atoms. The normalized spacial score (nSPS) is 20.4. The second kappa shape index (κ2) is 2.45. The van der Waals surface area contributed by atoms with Gasteiger partial charge in [0.15, 0.2) is 0 Å². The highest BCUT2D eigenvalue weighted by molar-refractivity contribution is 5.45. The van der Waals surface area contributed by atoms with E-state index in [1.54, 1.807) is 6.07 Å². The van der Waals surface area contributed by atoms with Crippen LogP contribution in [0.3, 0.4) is 0 Å². The second-order valence-electron chi connectivity index (χ2n) is 2.93. The fraction of sp³-hybridized carbons (Fsp3) is 0.333. The van der Waals surface area contributed by atoms with Crippen LogP contribution in [0.15, 0.2) is 12.1 Å². The van der Waals surface area contributed by atoms with Crippen LogP contribution in [0.4, 0.5) is 4.39 Å². The van der Waals surface area contributed by atoms with E-state index in [0.717, 1.165) is 5.56 Å². The Balaban J connectivity index is 2.64. The van der Waals surface area contributed by atoms with E-state index in [9.17, 15) is 9.50 Å². The minimum absolute atomic E-state index is 0.164. The van der Waals surface area contributed by atoms with Gasteiger partial charge in [-0.3, -0.25) is 0 Å². The minimum atomic E-state index is -0.806. The van der Waals surface area contributed by atoms with Crippen LogP contribution in [0.25, 0.3) is 0 Å². The minimum Gasteiger partial charge on any atom is -0.490 e. The average molecular weight is 168 g/mol. The van der Waals surface area contributed by atoms with E-state index in [4.69, 9.17) is 4.74 Å². The summed E-state index contributed by atoms with van der Waals surface area (Å²) >= 11 is 0. The zero-order chi connectivity index (χ0) is 8.72. The van der Waals surface area contributed by atoms with Gasteiger partial charge in [-0.25, -0.2) is 4.39 Å². The van der Waals surface area contributed by atoms with E-state index >= 15 is 0 Å². The van der Waals surface area contributed by atoms with E-state index in [1.807, 2.05) is 6.92 Å². The summed E-state index contributed by atoms with van der Waals surface area (Å²) in [4.78, 5) is 0. The van der Waals surface area contributed by atoms with Crippen molar-refractivity contribution in [3.05, 3.63) is 29.1 Å². The van der Waals surface area contributed by atoms with Gasteiger partial charge in [0.25, 0.3) is 0 Å². The van der Waals surface area contributed by atoms with Gasteiger partial charge < -0.3 is 9.84 Å². The molecular formula is C9H9FO2. The first-order chi connectivity index (χ1) is 5.70. The molecule has 2 nitrogen and oxygen atoms in total. The molecule has 1 N–H and O–H groups in total. The number of aliphatic hydroxyl groups is 1. The highest BCUT2D eigenvalue weighted by Gasteiger charge is 2.26. The molecule has 1 aromatic carbocycles. The summed E-state index contributed by atoms with van der Waals surface area (Å²) in [6.45, 7) is 1.99. The lowest BCUT2D eigenvalue weighted by Crippen LogP contribution is -1.98. The van der Waals surface area contributed by atoms with Crippen molar-refractivity contribution in [1.82, 2.24) is 0 Å². The molecule has 1 aliphatic rings. The molecule has 2 rings (SSSR count). The molecule has 1 aromatic rings. The Morgan fingerprint density at radius 1 is 1.58 bits per heavy atom. The zero-order valence-corrected chi connectivity index (χ0v) is 6.67. The molecule has 1 aliphatic heterocycles. The number of hydrogen-bond acceptors (Lipinski definition) is 2. The number of rotatable bonds is 0. The van der Waals surface area contributed by atoms with Gasteiger partial charge in [-0.1, -0.05) is 6.07 Å². The van der Waals surface area contributed by atoms with Gasteiger partial charge in [-0.05, 0) is 18.6 Å². The van der Waals surface area contributed by atoms with Crippen LogP contribution in [0, 0.1) is 12.7 Å². The number of halogens is 1. The van der Waals surface area contributed by atoms with Gasteiger partial charge in [0, 0.05) is 0 Å². The first-order valence-corrected chi connectivity index (χ1v) is 3.80. The Morgan fingerprint density at radius 3 is 3.00 bits per heavy atom. The van der Waals surface area contributed by atoms with Crippen molar-refractivity contribution in [2.24, 2.45) is 0 Å². The van der Waals surface area contributed by atoms with Crippen LogP contribution in [-0.2, 0) is 0 Å². The number of aliphatic hydroxyl groups excluding tert-OH is 1. The molecule has 1 heterocycles. The van der Waals surface area contributed by atoms with Crippen molar-refractivity contribution in [1.29, 1.82) is 0 Å². The van der Waals surface area contributed by atoms with E-state index in [2.05, 4.69) is 0 Å². The third-order valence-electron chi connectivity index (χ3n) is 2.06. The summed E-state index contributed by atoms with van der Waals surface area (Å²) in [7, 11) is 0. The van der Waals surface area contributed by atoms with Crippen LogP contribution in [0.1, 0.15) is 17.2 Å². The fourth-order valence-corrected chi connectivity index (χ4v) is 1.43. The standard InChI is InChI=1S/C9H9FO2/c1-5-2-3-6(10)8-7(11)4-12-9(5)8/h2-3,7,11H,4H2,1H3. The average Bonchev–Trinajstić information content (AvgIpc) is 2.42. The van der Waals surface area contributed by atoms with Crippen molar-refractivity contribution < 1.29 is 14.2 Å². The van der Waals surface area contributed by atoms with E-state index in [-0.39, 0.29) is 12.4 Å². The third kappa shape index (κ3) is 0.898. The summed E-state index contributed by atoms with van der Waals surface area (Å²) in [6, 6.07) is 3.00. The van der Waals surface area contributed by atoms with Crippen molar-refractivity contribution in [2.75, 3.05) is 6.61 Å². The maximum Gasteiger partial charge on any atom is 0.132 e. The molecule has 0 saturated carbocycles. The van der Waals surface area contributed by atoms with Crippen LogP contribution in [-0.4, -0.2) is 11.7 Å². The lowest BCUT2D eigenvalue weighted by molar-refractivity contribution is 0.138. The molecule has 1 unspecified atom stereocenters. The summed E-state index contributed by atoms with van der Waals surface area (Å²) in [6.07, 6.45) is -0.806. The lowest BCUT2D eigenvalue weighted by Gasteiger charge is -2.03. The maximum atomic E-state index is 13.1. The largest absolute Gasteiger partial charge is 0.490 e. The molecule has 64 valence electrons. The smallest absolute Gasteiger partial charge is 0.132 e. The predicted octanol–water partition coefficient (Wildman–Crippen LogP) is 1.56. The second-order valence-corrected chi connectivity index (χ2v) is 2.93. The Hall–Kier alpha value is -1.09. The van der Waals surface area contributed by atoms with Gasteiger partial charge in [-0.2, -0.15) is 0 Å². The highest BCUT2D eigenvalue weighted by atomic mass is 19.1.